The fraction of sp³-hybridized carbons (Fsp3) is 0.192. The number of carbonyl (C=O) groups is 3. The summed E-state index contributed by atoms with van der Waals surface area (Å²) in [6.07, 6.45) is 0.179. The summed E-state index contributed by atoms with van der Waals surface area (Å²) in [7, 11) is 0. The molecule has 166 valence electrons. The molecule has 7 heteroatoms. The highest BCUT2D eigenvalue weighted by Gasteiger charge is 2.43. The zero-order valence-electron chi connectivity index (χ0n) is 17.7. The third-order valence-electron chi connectivity index (χ3n) is 5.67. The predicted molar refractivity (Wildman–Crippen MR) is 131 cm³/mol. The molecule has 2 amide bonds. The van der Waals surface area contributed by atoms with Crippen LogP contribution in [0.25, 0.3) is 0 Å². The summed E-state index contributed by atoms with van der Waals surface area (Å²) < 4.78 is 6.08. The molecule has 0 aromatic heterocycles. The Balaban J connectivity index is 1.40. The van der Waals surface area contributed by atoms with E-state index in [1.807, 2.05) is 66.0 Å². The SMILES string of the molecule is O=C(Oc1ccc(C2SCCS2)cc1)[C@H](Cc1ccccc1)N1C(=O)c2ccccc2C1=O. The summed E-state index contributed by atoms with van der Waals surface area (Å²) >= 11 is 3.81. The van der Waals surface area contributed by atoms with E-state index in [1.54, 1.807) is 36.4 Å². The van der Waals surface area contributed by atoms with Crippen molar-refractivity contribution in [3.63, 3.8) is 0 Å². The molecule has 2 aliphatic heterocycles. The van der Waals surface area contributed by atoms with E-state index < -0.39 is 23.8 Å². The molecule has 0 spiro atoms. The molecule has 1 atom stereocenters. The van der Waals surface area contributed by atoms with Crippen molar-refractivity contribution in [3.8, 4) is 5.75 Å². The Morgan fingerprint density at radius 1 is 0.848 bits per heavy atom. The van der Waals surface area contributed by atoms with Crippen LogP contribution >= 0.6 is 23.5 Å². The van der Waals surface area contributed by atoms with Gasteiger partial charge in [0.25, 0.3) is 11.8 Å². The van der Waals surface area contributed by atoms with Gasteiger partial charge in [0.15, 0.2) is 0 Å². The molecule has 0 unspecified atom stereocenters. The number of amides is 2. The van der Waals surface area contributed by atoms with Crippen molar-refractivity contribution < 1.29 is 19.1 Å². The number of thioether (sulfide) groups is 2. The summed E-state index contributed by atoms with van der Waals surface area (Å²) in [6.45, 7) is 0. The fourth-order valence-electron chi connectivity index (χ4n) is 4.04. The molecular weight excluding hydrogens is 454 g/mol. The Bertz CT molecular complexity index is 1160. The number of hydrogen-bond acceptors (Lipinski definition) is 6. The summed E-state index contributed by atoms with van der Waals surface area (Å²) in [5.41, 5.74) is 2.64. The molecule has 1 saturated heterocycles. The van der Waals surface area contributed by atoms with E-state index in [2.05, 4.69) is 0 Å². The Kier molecular flexibility index (Phi) is 6.24. The Hall–Kier alpha value is -3.03. The van der Waals surface area contributed by atoms with Crippen molar-refractivity contribution in [1.29, 1.82) is 0 Å². The minimum Gasteiger partial charge on any atom is -0.425 e. The van der Waals surface area contributed by atoms with Crippen LogP contribution in [0.1, 0.15) is 36.4 Å². The van der Waals surface area contributed by atoms with E-state index in [4.69, 9.17) is 4.74 Å². The van der Waals surface area contributed by atoms with Crippen molar-refractivity contribution >= 4 is 41.3 Å². The monoisotopic (exact) mass is 475 g/mol. The van der Waals surface area contributed by atoms with Crippen LogP contribution in [0, 0.1) is 0 Å². The van der Waals surface area contributed by atoms with Gasteiger partial charge in [-0.25, -0.2) is 4.79 Å². The number of esters is 1. The molecule has 3 aromatic carbocycles. The molecule has 3 aromatic rings. The topological polar surface area (TPSA) is 63.7 Å². The number of carbonyl (C=O) groups excluding carboxylic acids is 3. The molecule has 5 nitrogen and oxygen atoms in total. The zero-order chi connectivity index (χ0) is 22.8. The predicted octanol–water partition coefficient (Wildman–Crippen LogP) is 4.98. The van der Waals surface area contributed by atoms with Gasteiger partial charge in [0.05, 0.1) is 15.7 Å². The van der Waals surface area contributed by atoms with Crippen molar-refractivity contribution in [3.05, 3.63) is 101 Å². The molecule has 0 saturated carbocycles. The lowest BCUT2D eigenvalue weighted by Gasteiger charge is -2.24. The van der Waals surface area contributed by atoms with Gasteiger partial charge in [-0.1, -0.05) is 54.6 Å². The van der Waals surface area contributed by atoms with E-state index in [0.717, 1.165) is 22.0 Å². The van der Waals surface area contributed by atoms with Crippen molar-refractivity contribution in [1.82, 2.24) is 4.90 Å². The van der Waals surface area contributed by atoms with Crippen LogP contribution < -0.4 is 4.74 Å². The number of hydrogen-bond donors (Lipinski definition) is 0. The molecular formula is C26H21NO4S2. The van der Waals surface area contributed by atoms with Gasteiger partial charge in [-0.05, 0) is 35.4 Å². The van der Waals surface area contributed by atoms with Crippen LogP contribution in [0.2, 0.25) is 0 Å². The number of benzene rings is 3. The maximum atomic E-state index is 13.3. The minimum atomic E-state index is -1.07. The first kappa shape index (κ1) is 21.8. The Morgan fingerprint density at radius 2 is 1.42 bits per heavy atom. The van der Waals surface area contributed by atoms with Crippen LogP contribution in [-0.4, -0.2) is 40.2 Å². The maximum absolute atomic E-state index is 13.3. The molecule has 0 bridgehead atoms. The number of fused-ring (bicyclic) bond motifs is 1. The number of imide groups is 1. The normalized spacial score (nSPS) is 16.7. The van der Waals surface area contributed by atoms with Gasteiger partial charge in [-0.2, -0.15) is 0 Å². The average Bonchev–Trinajstić information content (AvgIpc) is 3.47. The van der Waals surface area contributed by atoms with Crippen molar-refractivity contribution in [2.75, 3.05) is 11.5 Å². The first-order valence-electron chi connectivity index (χ1n) is 10.7. The second-order valence-electron chi connectivity index (χ2n) is 7.80. The molecule has 2 aliphatic rings. The summed E-state index contributed by atoms with van der Waals surface area (Å²) in [5.74, 6) is 1.08. The molecule has 33 heavy (non-hydrogen) atoms. The average molecular weight is 476 g/mol. The first-order chi connectivity index (χ1) is 16.1. The van der Waals surface area contributed by atoms with Crippen LogP contribution in [0.5, 0.6) is 5.75 Å². The lowest BCUT2D eigenvalue weighted by atomic mass is 10.0. The van der Waals surface area contributed by atoms with Gasteiger partial charge in [0, 0.05) is 17.9 Å². The Morgan fingerprint density at radius 3 is 2.03 bits per heavy atom. The molecule has 1 fully saturated rings. The molecule has 0 radical (unpaired) electrons. The van der Waals surface area contributed by atoms with Crippen LogP contribution in [-0.2, 0) is 11.2 Å². The summed E-state index contributed by atoms with van der Waals surface area (Å²) in [5, 5.41) is 0. The first-order valence-corrected chi connectivity index (χ1v) is 12.8. The van der Waals surface area contributed by atoms with Crippen molar-refractivity contribution in [2.45, 2.75) is 17.0 Å². The van der Waals surface area contributed by atoms with Crippen LogP contribution in [0.4, 0.5) is 0 Å². The van der Waals surface area contributed by atoms with Gasteiger partial charge in [0.1, 0.15) is 11.8 Å². The molecule has 0 aliphatic carbocycles. The smallest absolute Gasteiger partial charge is 0.335 e. The molecule has 5 rings (SSSR count). The lowest BCUT2D eigenvalue weighted by molar-refractivity contribution is -0.138. The lowest BCUT2D eigenvalue weighted by Crippen LogP contribution is -2.48. The maximum Gasteiger partial charge on any atom is 0.335 e. The summed E-state index contributed by atoms with van der Waals surface area (Å²) in [6, 6.07) is 22.4. The number of rotatable bonds is 6. The van der Waals surface area contributed by atoms with E-state index in [0.29, 0.717) is 21.5 Å². The van der Waals surface area contributed by atoms with Crippen LogP contribution in [0.3, 0.4) is 0 Å². The zero-order valence-corrected chi connectivity index (χ0v) is 19.3. The largest absolute Gasteiger partial charge is 0.425 e. The van der Waals surface area contributed by atoms with E-state index >= 15 is 0 Å². The molecule has 0 N–H and O–H groups in total. The number of ether oxygens (including phenoxy) is 1. The second kappa shape index (κ2) is 9.45. The van der Waals surface area contributed by atoms with Gasteiger partial charge in [0.2, 0.25) is 0 Å². The van der Waals surface area contributed by atoms with Gasteiger partial charge >= 0.3 is 5.97 Å². The minimum absolute atomic E-state index is 0.179. The van der Waals surface area contributed by atoms with E-state index in [9.17, 15) is 14.4 Å². The van der Waals surface area contributed by atoms with E-state index in [-0.39, 0.29) is 6.42 Å². The quantitative estimate of drug-likeness (QED) is 0.285. The second-order valence-corrected chi connectivity index (χ2v) is 10.5. The van der Waals surface area contributed by atoms with E-state index in [1.165, 1.54) is 5.56 Å². The van der Waals surface area contributed by atoms with Gasteiger partial charge < -0.3 is 4.74 Å². The highest BCUT2D eigenvalue weighted by molar-refractivity contribution is 8.19. The number of nitrogens with zero attached hydrogens (tertiary/aromatic N) is 1. The fourth-order valence-corrected chi connectivity index (χ4v) is 6.90. The third kappa shape index (κ3) is 4.43. The van der Waals surface area contributed by atoms with Gasteiger partial charge in [-0.15, -0.1) is 23.5 Å². The van der Waals surface area contributed by atoms with Gasteiger partial charge in [-0.3, -0.25) is 14.5 Å². The highest BCUT2D eigenvalue weighted by Crippen LogP contribution is 2.45. The van der Waals surface area contributed by atoms with Crippen LogP contribution in [0.15, 0.2) is 78.9 Å². The standard InChI is InChI=1S/C26H21NO4S2/c28-23-20-8-4-5-9-21(20)24(29)27(23)22(16-17-6-2-1-3-7-17)25(30)31-19-12-10-18(11-13-19)26-32-14-15-33-26/h1-13,22,26H,14-16H2/t22-/m0/s1. The third-order valence-corrected chi connectivity index (χ3v) is 8.78. The molecule has 2 heterocycles. The summed E-state index contributed by atoms with van der Waals surface area (Å²) in [4.78, 5) is 40.5. The Labute approximate surface area is 200 Å². The highest BCUT2D eigenvalue weighted by atomic mass is 32.2. The van der Waals surface area contributed by atoms with Crippen molar-refractivity contribution in [2.24, 2.45) is 0 Å².